The molecule has 0 spiro atoms. The van der Waals surface area contributed by atoms with Gasteiger partial charge >= 0.3 is 29.6 Å². The molecule has 6 heteroatoms. The molecule has 1 N–H and O–H groups in total. The van der Waals surface area contributed by atoms with Crippen molar-refractivity contribution in [2.24, 2.45) is 0 Å². The topological polar surface area (TPSA) is 77.4 Å². The molecule has 0 rings (SSSR count). The van der Waals surface area contributed by atoms with Gasteiger partial charge < -0.3 is 9.66 Å². The first-order valence-electron chi connectivity index (χ1n) is 11.6. The standard InChI is InChI=1S/C22H46O4S.Na/c1-2-3-4-5-6-7-8-9-10-11-12-13-16-19-22(23)20-17-14-15-18-21-27(24,25)26;/h22-23H,2-21H2,1H3,(H,24,25,26);/q;+1/p-1. The van der Waals surface area contributed by atoms with Crippen LogP contribution in [0.5, 0.6) is 0 Å². The Hall–Kier alpha value is 0.870. The van der Waals surface area contributed by atoms with Crippen molar-refractivity contribution in [3.63, 3.8) is 0 Å². The molecule has 28 heavy (non-hydrogen) atoms. The van der Waals surface area contributed by atoms with Crippen molar-refractivity contribution >= 4 is 10.1 Å². The Morgan fingerprint density at radius 2 is 0.964 bits per heavy atom. The fourth-order valence-corrected chi connectivity index (χ4v) is 4.11. The van der Waals surface area contributed by atoms with E-state index in [0.717, 1.165) is 38.5 Å². The molecular weight excluding hydrogens is 383 g/mol. The third-order valence-electron chi connectivity index (χ3n) is 5.32. The maximum Gasteiger partial charge on any atom is 1.00 e. The first-order valence-corrected chi connectivity index (χ1v) is 13.1. The molecule has 0 amide bonds. The number of aliphatic hydroxyl groups is 1. The molecule has 0 aliphatic heterocycles. The molecule has 0 radical (unpaired) electrons. The quantitative estimate of drug-likeness (QED) is 0.173. The average Bonchev–Trinajstić information content (AvgIpc) is 2.61. The van der Waals surface area contributed by atoms with Crippen LogP contribution < -0.4 is 29.6 Å². The number of aliphatic hydroxyl groups excluding tert-OH is 1. The Morgan fingerprint density at radius 3 is 1.32 bits per heavy atom. The van der Waals surface area contributed by atoms with E-state index in [9.17, 15) is 18.1 Å². The molecule has 0 saturated carbocycles. The zero-order valence-electron chi connectivity index (χ0n) is 18.8. The first-order chi connectivity index (χ1) is 13.0. The van der Waals surface area contributed by atoms with Crippen LogP contribution in [-0.2, 0) is 10.1 Å². The Kier molecular flexibility index (Phi) is 25.0. The summed E-state index contributed by atoms with van der Waals surface area (Å²) in [6, 6.07) is 0. The monoisotopic (exact) mass is 428 g/mol. The van der Waals surface area contributed by atoms with E-state index in [0.29, 0.717) is 6.42 Å². The second kappa shape index (κ2) is 22.6. The van der Waals surface area contributed by atoms with Gasteiger partial charge in [0.25, 0.3) is 0 Å². The van der Waals surface area contributed by atoms with E-state index in [4.69, 9.17) is 0 Å². The molecule has 0 aliphatic carbocycles. The van der Waals surface area contributed by atoms with E-state index in [2.05, 4.69) is 6.92 Å². The van der Waals surface area contributed by atoms with Crippen LogP contribution in [0, 0.1) is 0 Å². The fourth-order valence-electron chi connectivity index (χ4n) is 3.55. The van der Waals surface area contributed by atoms with E-state index in [1.165, 1.54) is 77.0 Å². The van der Waals surface area contributed by atoms with Gasteiger partial charge in [0.15, 0.2) is 0 Å². The van der Waals surface area contributed by atoms with Crippen molar-refractivity contribution in [3.05, 3.63) is 0 Å². The van der Waals surface area contributed by atoms with Crippen LogP contribution in [0.15, 0.2) is 0 Å². The molecule has 1 atom stereocenters. The predicted octanol–water partition coefficient (Wildman–Crippen LogP) is 3.33. The van der Waals surface area contributed by atoms with Crippen molar-refractivity contribution in [3.8, 4) is 0 Å². The molecular formula is C22H45NaO4S. The molecule has 0 aromatic heterocycles. The molecule has 4 nitrogen and oxygen atoms in total. The maximum atomic E-state index is 10.5. The van der Waals surface area contributed by atoms with Crippen molar-refractivity contribution in [1.29, 1.82) is 0 Å². The Labute approximate surface area is 197 Å². The van der Waals surface area contributed by atoms with Crippen molar-refractivity contribution in [2.45, 2.75) is 135 Å². The van der Waals surface area contributed by atoms with Crippen molar-refractivity contribution in [2.75, 3.05) is 5.75 Å². The summed E-state index contributed by atoms with van der Waals surface area (Å²) in [5.41, 5.74) is 0. The van der Waals surface area contributed by atoms with Gasteiger partial charge in [0.1, 0.15) is 0 Å². The van der Waals surface area contributed by atoms with Crippen LogP contribution in [0.25, 0.3) is 0 Å². The molecule has 0 aromatic carbocycles. The van der Waals surface area contributed by atoms with Gasteiger partial charge in [0.2, 0.25) is 0 Å². The van der Waals surface area contributed by atoms with Gasteiger partial charge in [0, 0.05) is 5.75 Å². The van der Waals surface area contributed by atoms with Crippen molar-refractivity contribution in [1.82, 2.24) is 0 Å². The van der Waals surface area contributed by atoms with E-state index in [1.54, 1.807) is 0 Å². The third kappa shape index (κ3) is 26.9. The van der Waals surface area contributed by atoms with Crippen LogP contribution in [0.2, 0.25) is 0 Å². The van der Waals surface area contributed by atoms with Crippen LogP contribution in [0.4, 0.5) is 0 Å². The molecule has 0 aliphatic rings. The molecule has 0 fully saturated rings. The molecule has 0 saturated heterocycles. The molecule has 164 valence electrons. The van der Waals surface area contributed by atoms with Crippen molar-refractivity contribution < 1.29 is 47.6 Å². The summed E-state index contributed by atoms with van der Waals surface area (Å²) in [5, 5.41) is 9.97. The molecule has 0 bridgehead atoms. The smallest absolute Gasteiger partial charge is 0.748 e. The molecule has 0 heterocycles. The Balaban J connectivity index is 0. The largest absolute Gasteiger partial charge is 1.00 e. The van der Waals surface area contributed by atoms with Crippen LogP contribution >= 0.6 is 0 Å². The second-order valence-electron chi connectivity index (χ2n) is 8.15. The zero-order valence-corrected chi connectivity index (χ0v) is 21.6. The SMILES string of the molecule is CCCCCCCCCCCCCCCC(O)CCCCCCS(=O)(=O)[O-].[Na+]. The average molecular weight is 429 g/mol. The first kappa shape index (κ1) is 31.1. The summed E-state index contributed by atoms with van der Waals surface area (Å²) in [5.74, 6) is -0.255. The number of hydrogen-bond donors (Lipinski definition) is 1. The number of unbranched alkanes of at least 4 members (excludes halogenated alkanes) is 15. The second-order valence-corrected chi connectivity index (χ2v) is 9.67. The van der Waals surface area contributed by atoms with Gasteiger partial charge in [-0.25, -0.2) is 8.42 Å². The summed E-state index contributed by atoms with van der Waals surface area (Å²) in [6.07, 6.45) is 21.9. The van der Waals surface area contributed by atoms with Crippen LogP contribution in [0.1, 0.15) is 129 Å². The third-order valence-corrected chi connectivity index (χ3v) is 6.11. The number of rotatable bonds is 21. The Morgan fingerprint density at radius 1 is 0.643 bits per heavy atom. The van der Waals surface area contributed by atoms with Gasteiger partial charge in [-0.15, -0.1) is 0 Å². The van der Waals surface area contributed by atoms with Gasteiger partial charge in [-0.3, -0.25) is 0 Å². The van der Waals surface area contributed by atoms with Crippen LogP contribution in [0.3, 0.4) is 0 Å². The minimum absolute atomic E-state index is 0. The minimum atomic E-state index is -4.06. The summed E-state index contributed by atoms with van der Waals surface area (Å²) in [6.45, 7) is 2.26. The maximum absolute atomic E-state index is 10.5. The van der Waals surface area contributed by atoms with Gasteiger partial charge in [0.05, 0.1) is 16.2 Å². The van der Waals surface area contributed by atoms with E-state index >= 15 is 0 Å². The van der Waals surface area contributed by atoms with E-state index < -0.39 is 10.1 Å². The number of hydrogen-bond acceptors (Lipinski definition) is 4. The summed E-state index contributed by atoms with van der Waals surface area (Å²) >= 11 is 0. The van der Waals surface area contributed by atoms with Gasteiger partial charge in [-0.2, -0.15) is 0 Å². The van der Waals surface area contributed by atoms with Crippen LogP contribution in [-0.4, -0.2) is 29.9 Å². The van der Waals surface area contributed by atoms with E-state index in [1.807, 2.05) is 0 Å². The summed E-state index contributed by atoms with van der Waals surface area (Å²) < 4.78 is 31.4. The fraction of sp³-hybridized carbons (Fsp3) is 1.00. The summed E-state index contributed by atoms with van der Waals surface area (Å²) in [7, 11) is -4.06. The predicted molar refractivity (Wildman–Crippen MR) is 114 cm³/mol. The molecule has 0 aromatic rings. The van der Waals surface area contributed by atoms with E-state index in [-0.39, 0.29) is 41.4 Å². The Bertz CT molecular complexity index is 401. The van der Waals surface area contributed by atoms with Gasteiger partial charge in [-0.05, 0) is 19.3 Å². The minimum Gasteiger partial charge on any atom is -0.748 e. The zero-order chi connectivity index (χ0) is 20.2. The molecule has 1 unspecified atom stereocenters. The van der Waals surface area contributed by atoms with Gasteiger partial charge in [-0.1, -0.05) is 110 Å². The normalized spacial score (nSPS) is 12.7. The summed E-state index contributed by atoms with van der Waals surface area (Å²) in [4.78, 5) is 0.